The standard InChI is InChI=1S/C19H25N3O5S/c1-4-27-14-7-5-13(6-8-14)17(24)21-16(12(2)3)18(25)20-9-10-22-15(23)11-28-19(22)26/h5-8,12,16H,4,9-11H2,1-3H3,(H,20,25)(H,21,24). The highest BCUT2D eigenvalue weighted by atomic mass is 32.2. The number of carbonyl (C=O) groups is 4. The molecule has 0 saturated carbocycles. The third-order valence-corrected chi connectivity index (χ3v) is 5.00. The van der Waals surface area contributed by atoms with Crippen LogP contribution in [0.3, 0.4) is 0 Å². The molecule has 0 bridgehead atoms. The minimum atomic E-state index is -0.738. The molecule has 1 aromatic carbocycles. The van der Waals surface area contributed by atoms with E-state index in [2.05, 4.69) is 10.6 Å². The van der Waals surface area contributed by atoms with Crippen LogP contribution in [-0.2, 0) is 9.59 Å². The van der Waals surface area contributed by atoms with E-state index in [0.717, 1.165) is 16.7 Å². The lowest BCUT2D eigenvalue weighted by molar-refractivity contribution is -0.126. The zero-order valence-electron chi connectivity index (χ0n) is 16.2. The van der Waals surface area contributed by atoms with Crippen molar-refractivity contribution < 1.29 is 23.9 Å². The van der Waals surface area contributed by atoms with E-state index in [-0.39, 0.29) is 47.7 Å². The van der Waals surface area contributed by atoms with Crippen molar-refractivity contribution in [1.82, 2.24) is 15.5 Å². The SMILES string of the molecule is CCOc1ccc(C(=O)NC(C(=O)NCCN2C(=O)CSC2=O)C(C)C)cc1. The molecule has 1 aromatic rings. The summed E-state index contributed by atoms with van der Waals surface area (Å²) in [6.07, 6.45) is 0. The Bertz CT molecular complexity index is 720. The number of rotatable bonds is 9. The molecule has 0 aliphatic carbocycles. The molecule has 1 saturated heterocycles. The van der Waals surface area contributed by atoms with Crippen LogP contribution in [0.4, 0.5) is 4.79 Å². The molecule has 0 aromatic heterocycles. The fourth-order valence-corrected chi connectivity index (χ4v) is 3.38. The van der Waals surface area contributed by atoms with Crippen molar-refractivity contribution >= 4 is 34.7 Å². The lowest BCUT2D eigenvalue weighted by Crippen LogP contribution is -2.51. The monoisotopic (exact) mass is 407 g/mol. The zero-order chi connectivity index (χ0) is 20.7. The van der Waals surface area contributed by atoms with Gasteiger partial charge in [-0.1, -0.05) is 25.6 Å². The molecular formula is C19H25N3O5S. The van der Waals surface area contributed by atoms with Crippen LogP contribution in [0.2, 0.25) is 0 Å². The Balaban J connectivity index is 1.90. The van der Waals surface area contributed by atoms with Crippen LogP contribution in [0.25, 0.3) is 0 Å². The predicted molar refractivity (Wildman–Crippen MR) is 106 cm³/mol. The first-order valence-electron chi connectivity index (χ1n) is 9.12. The normalized spacial score (nSPS) is 14.9. The van der Waals surface area contributed by atoms with Crippen molar-refractivity contribution in [2.45, 2.75) is 26.8 Å². The summed E-state index contributed by atoms with van der Waals surface area (Å²) >= 11 is 0.952. The van der Waals surface area contributed by atoms with E-state index >= 15 is 0 Å². The van der Waals surface area contributed by atoms with Gasteiger partial charge in [0.2, 0.25) is 11.8 Å². The average Bonchev–Trinajstić information content (AvgIpc) is 2.98. The Labute approximate surface area is 168 Å². The zero-order valence-corrected chi connectivity index (χ0v) is 17.0. The van der Waals surface area contributed by atoms with Crippen LogP contribution in [0.1, 0.15) is 31.1 Å². The summed E-state index contributed by atoms with van der Waals surface area (Å²) in [7, 11) is 0. The van der Waals surface area contributed by atoms with Gasteiger partial charge in [-0.3, -0.25) is 24.1 Å². The molecule has 1 atom stereocenters. The Morgan fingerprint density at radius 3 is 2.43 bits per heavy atom. The number of nitrogens with zero attached hydrogens (tertiary/aromatic N) is 1. The molecule has 1 aliphatic rings. The Kier molecular flexibility index (Phi) is 7.86. The van der Waals surface area contributed by atoms with Crippen LogP contribution < -0.4 is 15.4 Å². The van der Waals surface area contributed by atoms with Gasteiger partial charge in [-0.25, -0.2) is 0 Å². The van der Waals surface area contributed by atoms with E-state index in [1.807, 2.05) is 20.8 Å². The number of imide groups is 1. The molecule has 2 N–H and O–H groups in total. The fraction of sp³-hybridized carbons (Fsp3) is 0.474. The number of amides is 4. The minimum Gasteiger partial charge on any atom is -0.494 e. The van der Waals surface area contributed by atoms with Gasteiger partial charge >= 0.3 is 0 Å². The van der Waals surface area contributed by atoms with Crippen LogP contribution >= 0.6 is 11.8 Å². The summed E-state index contributed by atoms with van der Waals surface area (Å²) in [6.45, 7) is 6.32. The molecule has 9 heteroatoms. The maximum absolute atomic E-state index is 12.5. The first kappa shape index (κ1) is 21.7. The van der Waals surface area contributed by atoms with Gasteiger partial charge in [-0.15, -0.1) is 0 Å². The van der Waals surface area contributed by atoms with Gasteiger partial charge in [0.1, 0.15) is 11.8 Å². The number of hydrogen-bond acceptors (Lipinski definition) is 6. The molecule has 0 radical (unpaired) electrons. The molecule has 28 heavy (non-hydrogen) atoms. The number of carbonyl (C=O) groups excluding carboxylic acids is 4. The van der Waals surface area contributed by atoms with E-state index < -0.39 is 6.04 Å². The summed E-state index contributed by atoms with van der Waals surface area (Å²) in [5.41, 5.74) is 0.423. The first-order valence-corrected chi connectivity index (χ1v) is 10.1. The highest BCUT2D eigenvalue weighted by Crippen LogP contribution is 2.17. The van der Waals surface area contributed by atoms with Gasteiger partial charge in [0.25, 0.3) is 11.1 Å². The van der Waals surface area contributed by atoms with Crippen molar-refractivity contribution in [3.8, 4) is 5.75 Å². The van der Waals surface area contributed by atoms with E-state index in [1.54, 1.807) is 24.3 Å². The van der Waals surface area contributed by atoms with E-state index in [9.17, 15) is 19.2 Å². The highest BCUT2D eigenvalue weighted by Gasteiger charge is 2.30. The van der Waals surface area contributed by atoms with Gasteiger partial charge in [-0.2, -0.15) is 0 Å². The van der Waals surface area contributed by atoms with Gasteiger partial charge in [0, 0.05) is 18.7 Å². The highest BCUT2D eigenvalue weighted by molar-refractivity contribution is 8.14. The predicted octanol–water partition coefficient (Wildman–Crippen LogP) is 1.65. The number of hydrogen-bond donors (Lipinski definition) is 2. The second kappa shape index (κ2) is 10.1. The quantitative estimate of drug-likeness (QED) is 0.645. The van der Waals surface area contributed by atoms with Gasteiger partial charge in [0.15, 0.2) is 0 Å². The van der Waals surface area contributed by atoms with Crippen LogP contribution in [0.5, 0.6) is 5.75 Å². The average molecular weight is 407 g/mol. The molecule has 1 heterocycles. The first-order chi connectivity index (χ1) is 13.3. The number of ether oxygens (including phenoxy) is 1. The molecule has 4 amide bonds. The third kappa shape index (κ3) is 5.72. The molecule has 1 aliphatic heterocycles. The minimum absolute atomic E-state index is 0.119. The lowest BCUT2D eigenvalue weighted by Gasteiger charge is -2.22. The summed E-state index contributed by atoms with van der Waals surface area (Å²) in [5.74, 6) is -0.314. The van der Waals surface area contributed by atoms with Crippen molar-refractivity contribution in [1.29, 1.82) is 0 Å². The smallest absolute Gasteiger partial charge is 0.288 e. The van der Waals surface area contributed by atoms with Crippen molar-refractivity contribution in [3.05, 3.63) is 29.8 Å². The molecule has 1 fully saturated rings. The van der Waals surface area contributed by atoms with Gasteiger partial charge in [-0.05, 0) is 37.1 Å². The summed E-state index contributed by atoms with van der Waals surface area (Å²) < 4.78 is 5.35. The van der Waals surface area contributed by atoms with Crippen LogP contribution in [0.15, 0.2) is 24.3 Å². The molecule has 152 valence electrons. The van der Waals surface area contributed by atoms with Crippen LogP contribution in [-0.4, -0.2) is 59.4 Å². The summed E-state index contributed by atoms with van der Waals surface area (Å²) in [4.78, 5) is 49.2. The largest absolute Gasteiger partial charge is 0.494 e. The Morgan fingerprint density at radius 2 is 1.89 bits per heavy atom. The maximum atomic E-state index is 12.5. The van der Waals surface area contributed by atoms with E-state index in [0.29, 0.717) is 17.9 Å². The van der Waals surface area contributed by atoms with Crippen molar-refractivity contribution in [2.75, 3.05) is 25.4 Å². The third-order valence-electron chi connectivity index (χ3n) is 4.14. The molecular weight excluding hydrogens is 382 g/mol. The number of benzene rings is 1. The Hall–Kier alpha value is -2.55. The summed E-state index contributed by atoms with van der Waals surface area (Å²) in [6, 6.07) is 5.93. The lowest BCUT2D eigenvalue weighted by atomic mass is 10.0. The summed E-state index contributed by atoms with van der Waals surface area (Å²) in [5, 5.41) is 5.12. The second-order valence-corrected chi connectivity index (χ2v) is 7.47. The Morgan fingerprint density at radius 1 is 1.21 bits per heavy atom. The fourth-order valence-electron chi connectivity index (χ4n) is 2.63. The number of nitrogens with one attached hydrogen (secondary N) is 2. The molecule has 0 spiro atoms. The number of thioether (sulfide) groups is 1. The van der Waals surface area contributed by atoms with E-state index in [1.165, 1.54) is 0 Å². The second-order valence-electron chi connectivity index (χ2n) is 6.54. The molecule has 2 rings (SSSR count). The topological polar surface area (TPSA) is 105 Å². The van der Waals surface area contributed by atoms with Crippen LogP contribution in [0, 0.1) is 5.92 Å². The van der Waals surface area contributed by atoms with Gasteiger partial charge in [0.05, 0.1) is 12.4 Å². The van der Waals surface area contributed by atoms with E-state index in [4.69, 9.17) is 4.74 Å². The maximum Gasteiger partial charge on any atom is 0.288 e. The molecule has 8 nitrogen and oxygen atoms in total. The van der Waals surface area contributed by atoms with Gasteiger partial charge < -0.3 is 15.4 Å². The van der Waals surface area contributed by atoms with Crippen molar-refractivity contribution in [3.63, 3.8) is 0 Å². The molecule has 1 unspecified atom stereocenters. The van der Waals surface area contributed by atoms with Crippen molar-refractivity contribution in [2.24, 2.45) is 5.92 Å².